The predicted molar refractivity (Wildman–Crippen MR) is 67.1 cm³/mol. The van der Waals surface area contributed by atoms with Crippen LogP contribution in [0.25, 0.3) is 0 Å². The number of carboxylic acids is 1. The second-order valence-electron chi connectivity index (χ2n) is 4.84. The van der Waals surface area contributed by atoms with Crippen LogP contribution >= 0.6 is 0 Å². The van der Waals surface area contributed by atoms with Gasteiger partial charge in [-0.3, -0.25) is 0 Å². The van der Waals surface area contributed by atoms with E-state index in [-0.39, 0.29) is 6.42 Å². The van der Waals surface area contributed by atoms with Crippen LogP contribution in [0.15, 0.2) is 18.2 Å². The zero-order valence-electron chi connectivity index (χ0n) is 11.1. The fourth-order valence-electron chi connectivity index (χ4n) is 2.17. The SMILES string of the molecule is C[NH+](CCCC(=O)[O-])Cc1ccc2c(c1)OCCO2. The zero-order chi connectivity index (χ0) is 13.7. The number of nitrogens with one attached hydrogen (secondary N) is 1. The molecule has 104 valence electrons. The molecule has 2 rings (SSSR count). The highest BCUT2D eigenvalue weighted by Gasteiger charge is 2.13. The van der Waals surface area contributed by atoms with Crippen LogP contribution in [0.4, 0.5) is 0 Å². The molecule has 1 aliphatic rings. The molecule has 0 bridgehead atoms. The van der Waals surface area contributed by atoms with Crippen molar-refractivity contribution in [2.24, 2.45) is 0 Å². The van der Waals surface area contributed by atoms with Gasteiger partial charge in [-0.1, -0.05) is 0 Å². The van der Waals surface area contributed by atoms with E-state index in [0.29, 0.717) is 19.6 Å². The second kappa shape index (κ2) is 6.43. The fourth-order valence-corrected chi connectivity index (χ4v) is 2.17. The molecular formula is C14H19NO4. The number of ether oxygens (including phenoxy) is 2. The number of aliphatic carboxylic acids is 1. The molecule has 0 saturated carbocycles. The van der Waals surface area contributed by atoms with E-state index in [1.54, 1.807) is 0 Å². The zero-order valence-corrected chi connectivity index (χ0v) is 11.1. The average Bonchev–Trinajstić information content (AvgIpc) is 2.38. The number of benzene rings is 1. The van der Waals surface area contributed by atoms with Crippen molar-refractivity contribution in [3.63, 3.8) is 0 Å². The van der Waals surface area contributed by atoms with E-state index in [9.17, 15) is 9.90 Å². The van der Waals surface area contributed by atoms with Gasteiger partial charge in [-0.05, 0) is 24.6 Å². The van der Waals surface area contributed by atoms with E-state index < -0.39 is 5.97 Å². The first kappa shape index (κ1) is 13.7. The molecule has 1 aromatic rings. The third-order valence-corrected chi connectivity index (χ3v) is 3.10. The molecule has 0 aromatic heterocycles. The van der Waals surface area contributed by atoms with E-state index in [0.717, 1.165) is 30.2 Å². The molecule has 1 atom stereocenters. The summed E-state index contributed by atoms with van der Waals surface area (Å²) in [5, 5.41) is 10.3. The Morgan fingerprint density at radius 2 is 2.05 bits per heavy atom. The Balaban J connectivity index is 1.86. The highest BCUT2D eigenvalue weighted by molar-refractivity contribution is 5.64. The molecule has 0 amide bonds. The van der Waals surface area contributed by atoms with E-state index >= 15 is 0 Å². The summed E-state index contributed by atoms with van der Waals surface area (Å²) in [7, 11) is 2.05. The van der Waals surface area contributed by atoms with Crippen LogP contribution in [0.2, 0.25) is 0 Å². The number of quaternary nitrogens is 1. The van der Waals surface area contributed by atoms with Gasteiger partial charge in [-0.15, -0.1) is 0 Å². The molecule has 1 aromatic carbocycles. The molecule has 0 aliphatic carbocycles. The van der Waals surface area contributed by atoms with Gasteiger partial charge >= 0.3 is 0 Å². The highest BCUT2D eigenvalue weighted by atomic mass is 16.6. The van der Waals surface area contributed by atoms with Gasteiger partial charge in [-0.2, -0.15) is 0 Å². The molecular weight excluding hydrogens is 246 g/mol. The summed E-state index contributed by atoms with van der Waals surface area (Å²) in [5.41, 5.74) is 1.16. The van der Waals surface area contributed by atoms with Crippen LogP contribution in [0.3, 0.4) is 0 Å². The summed E-state index contributed by atoms with van der Waals surface area (Å²) in [6.07, 6.45) is 0.761. The van der Waals surface area contributed by atoms with Crippen molar-refractivity contribution < 1.29 is 24.3 Å². The third kappa shape index (κ3) is 4.13. The van der Waals surface area contributed by atoms with Crippen LogP contribution in [-0.2, 0) is 11.3 Å². The number of fused-ring (bicyclic) bond motifs is 1. The standard InChI is InChI=1S/C14H19NO4/c1-15(6-2-3-14(16)17)10-11-4-5-12-13(9-11)19-8-7-18-12/h4-5,9H,2-3,6-8,10H2,1H3,(H,16,17). The number of carbonyl (C=O) groups is 1. The van der Waals surface area contributed by atoms with Crippen molar-refractivity contribution >= 4 is 5.97 Å². The first-order valence-corrected chi connectivity index (χ1v) is 6.55. The van der Waals surface area contributed by atoms with Crippen molar-refractivity contribution in [3.05, 3.63) is 23.8 Å². The lowest BCUT2D eigenvalue weighted by atomic mass is 10.1. The van der Waals surface area contributed by atoms with Crippen LogP contribution < -0.4 is 19.5 Å². The Kier molecular flexibility index (Phi) is 4.63. The molecule has 0 spiro atoms. The number of hydrogen-bond donors (Lipinski definition) is 1. The fraction of sp³-hybridized carbons (Fsp3) is 0.500. The summed E-state index contributed by atoms with van der Waals surface area (Å²) in [5.74, 6) is 0.614. The van der Waals surface area contributed by atoms with Crippen molar-refractivity contribution in [2.45, 2.75) is 19.4 Å². The van der Waals surface area contributed by atoms with Gasteiger partial charge in [0.1, 0.15) is 19.8 Å². The minimum absolute atomic E-state index is 0.123. The van der Waals surface area contributed by atoms with Crippen LogP contribution in [-0.4, -0.2) is 32.8 Å². The van der Waals surface area contributed by atoms with Gasteiger partial charge < -0.3 is 24.3 Å². The maximum Gasteiger partial charge on any atom is 0.161 e. The molecule has 0 fully saturated rings. The molecule has 1 aliphatic heterocycles. The first-order chi connectivity index (χ1) is 9.15. The summed E-state index contributed by atoms with van der Waals surface area (Å²) in [4.78, 5) is 11.6. The normalized spacial score (nSPS) is 15.0. The molecule has 19 heavy (non-hydrogen) atoms. The number of carbonyl (C=O) groups excluding carboxylic acids is 1. The Morgan fingerprint density at radius 1 is 1.32 bits per heavy atom. The largest absolute Gasteiger partial charge is 0.550 e. The molecule has 1 N–H and O–H groups in total. The monoisotopic (exact) mass is 265 g/mol. The quantitative estimate of drug-likeness (QED) is 0.717. The maximum atomic E-state index is 10.3. The minimum atomic E-state index is -0.980. The third-order valence-electron chi connectivity index (χ3n) is 3.10. The van der Waals surface area contributed by atoms with Crippen LogP contribution in [0.5, 0.6) is 11.5 Å². The Bertz CT molecular complexity index is 447. The van der Waals surface area contributed by atoms with Crippen LogP contribution in [0, 0.1) is 0 Å². The van der Waals surface area contributed by atoms with Gasteiger partial charge in [0, 0.05) is 18.0 Å². The van der Waals surface area contributed by atoms with E-state index in [1.165, 1.54) is 4.90 Å². The second-order valence-corrected chi connectivity index (χ2v) is 4.84. The first-order valence-electron chi connectivity index (χ1n) is 6.55. The average molecular weight is 265 g/mol. The molecule has 0 saturated heterocycles. The van der Waals surface area contributed by atoms with Gasteiger partial charge in [0.05, 0.1) is 13.6 Å². The molecule has 5 nitrogen and oxygen atoms in total. The van der Waals surface area contributed by atoms with Crippen molar-refractivity contribution in [2.75, 3.05) is 26.8 Å². The summed E-state index contributed by atoms with van der Waals surface area (Å²) in [6, 6.07) is 5.95. The lowest BCUT2D eigenvalue weighted by Crippen LogP contribution is -3.07. The van der Waals surface area contributed by atoms with Crippen LogP contribution in [0.1, 0.15) is 18.4 Å². The lowest BCUT2D eigenvalue weighted by Gasteiger charge is -2.20. The summed E-state index contributed by atoms with van der Waals surface area (Å²) >= 11 is 0. The molecule has 5 heteroatoms. The minimum Gasteiger partial charge on any atom is -0.550 e. The van der Waals surface area contributed by atoms with Gasteiger partial charge in [0.25, 0.3) is 0 Å². The Morgan fingerprint density at radius 3 is 2.79 bits per heavy atom. The predicted octanol–water partition coefficient (Wildman–Crippen LogP) is -0.997. The summed E-state index contributed by atoms with van der Waals surface area (Å²) < 4.78 is 11.0. The molecule has 1 heterocycles. The van der Waals surface area contributed by atoms with Crippen molar-refractivity contribution in [1.29, 1.82) is 0 Å². The van der Waals surface area contributed by atoms with Crippen molar-refractivity contribution in [3.8, 4) is 11.5 Å². The van der Waals surface area contributed by atoms with E-state index in [1.807, 2.05) is 25.2 Å². The van der Waals surface area contributed by atoms with E-state index in [4.69, 9.17) is 9.47 Å². The smallest absolute Gasteiger partial charge is 0.161 e. The Hall–Kier alpha value is -1.75. The number of carboxylic acid groups (broad SMARTS) is 1. The lowest BCUT2D eigenvalue weighted by molar-refractivity contribution is -0.893. The number of hydrogen-bond acceptors (Lipinski definition) is 4. The Labute approximate surface area is 112 Å². The van der Waals surface area contributed by atoms with Gasteiger partial charge in [0.2, 0.25) is 0 Å². The number of rotatable bonds is 6. The van der Waals surface area contributed by atoms with Gasteiger partial charge in [0.15, 0.2) is 11.5 Å². The topological polar surface area (TPSA) is 63.0 Å². The van der Waals surface area contributed by atoms with Crippen molar-refractivity contribution in [1.82, 2.24) is 0 Å². The van der Waals surface area contributed by atoms with E-state index in [2.05, 4.69) is 0 Å². The highest BCUT2D eigenvalue weighted by Crippen LogP contribution is 2.30. The molecule has 0 radical (unpaired) electrons. The maximum absolute atomic E-state index is 10.3. The van der Waals surface area contributed by atoms with Gasteiger partial charge in [-0.25, -0.2) is 0 Å². The summed E-state index contributed by atoms with van der Waals surface area (Å²) in [6.45, 7) is 2.83. The molecule has 1 unspecified atom stereocenters.